The van der Waals surface area contributed by atoms with Crippen LogP contribution in [0.2, 0.25) is 5.04 Å². The molecule has 4 nitrogen and oxygen atoms in total. The quantitative estimate of drug-likeness (QED) is 0.495. The number of hydrogen-bond acceptors (Lipinski definition) is 4. The number of aromatic nitrogens is 1. The van der Waals surface area contributed by atoms with Crippen LogP contribution in [0.1, 0.15) is 37.2 Å². The van der Waals surface area contributed by atoms with E-state index in [2.05, 4.69) is 50.0 Å². The molecule has 0 atom stereocenters. The van der Waals surface area contributed by atoms with Crippen molar-refractivity contribution in [3.05, 3.63) is 78.5 Å². The first kappa shape index (κ1) is 18.3. The van der Waals surface area contributed by atoms with Gasteiger partial charge in [0, 0.05) is 0 Å². The third-order valence-electron chi connectivity index (χ3n) is 4.52. The molecule has 0 aliphatic carbocycles. The predicted octanol–water partition coefficient (Wildman–Crippen LogP) is 3.56. The van der Waals surface area contributed by atoms with Crippen molar-refractivity contribution in [2.24, 2.45) is 0 Å². The van der Waals surface area contributed by atoms with E-state index in [9.17, 15) is 4.79 Å². The highest BCUT2D eigenvalue weighted by Crippen LogP contribution is 2.37. The molecular formula is C21H23NO3Si. The number of carbonyl (C=O) groups is 1. The van der Waals surface area contributed by atoms with E-state index in [4.69, 9.17) is 8.84 Å². The van der Waals surface area contributed by atoms with Crippen LogP contribution in [0.25, 0.3) is 0 Å². The highest BCUT2D eigenvalue weighted by atomic mass is 28.4. The molecule has 5 heteroatoms. The summed E-state index contributed by atoms with van der Waals surface area (Å²) in [6, 6.07) is 20.8. The molecule has 0 N–H and O–H groups in total. The van der Waals surface area contributed by atoms with E-state index in [0.717, 1.165) is 0 Å². The second-order valence-corrected chi connectivity index (χ2v) is 11.5. The topological polar surface area (TPSA) is 52.3 Å². The van der Waals surface area contributed by atoms with Crippen molar-refractivity contribution in [3.63, 3.8) is 0 Å². The number of hydrogen-bond donors (Lipinski definition) is 0. The molecule has 0 saturated heterocycles. The van der Waals surface area contributed by atoms with Crippen LogP contribution in [-0.2, 0) is 11.0 Å². The van der Waals surface area contributed by atoms with Gasteiger partial charge in [-0.1, -0.05) is 81.4 Å². The number of benzene rings is 2. The molecule has 0 spiro atoms. The number of aldehydes is 1. The molecule has 1 heterocycles. The fourth-order valence-corrected chi connectivity index (χ4v) is 7.90. The minimum atomic E-state index is -2.61. The maximum atomic E-state index is 10.8. The van der Waals surface area contributed by atoms with Crippen molar-refractivity contribution in [3.8, 4) is 0 Å². The summed E-state index contributed by atoms with van der Waals surface area (Å²) in [5.74, 6) is 0.631. The largest absolute Gasteiger partial charge is 0.437 e. The van der Waals surface area contributed by atoms with Crippen LogP contribution in [0.3, 0.4) is 0 Å². The lowest BCUT2D eigenvalue weighted by Crippen LogP contribution is -2.66. The molecule has 3 rings (SSSR count). The highest BCUT2D eigenvalue weighted by molar-refractivity contribution is 6.99. The Labute approximate surface area is 155 Å². The minimum absolute atomic E-state index is 0.0750. The fourth-order valence-electron chi connectivity index (χ4n) is 3.38. The van der Waals surface area contributed by atoms with E-state index in [-0.39, 0.29) is 17.5 Å². The predicted molar refractivity (Wildman–Crippen MR) is 104 cm³/mol. The van der Waals surface area contributed by atoms with Crippen LogP contribution in [0.15, 0.2) is 71.3 Å². The van der Waals surface area contributed by atoms with E-state index in [1.807, 2.05) is 36.4 Å². The van der Waals surface area contributed by atoms with Gasteiger partial charge < -0.3 is 8.84 Å². The lowest BCUT2D eigenvalue weighted by atomic mass is 10.2. The molecule has 0 aliphatic heterocycles. The van der Waals surface area contributed by atoms with Crippen LogP contribution in [0.4, 0.5) is 0 Å². The van der Waals surface area contributed by atoms with Gasteiger partial charge in [0.2, 0.25) is 6.29 Å². The van der Waals surface area contributed by atoms with E-state index in [1.54, 1.807) is 6.20 Å². The Hall–Kier alpha value is -2.50. The van der Waals surface area contributed by atoms with Crippen molar-refractivity contribution in [2.75, 3.05) is 0 Å². The standard InChI is InChI=1S/C21H23NO3Si/c1-21(2,3)26(18-10-6-4-7-11-18,19-12-8-5-9-13-19)24-16-17-14-22-20(15-23)25-17/h4-15H,16H2,1-3H3. The Morgan fingerprint density at radius 1 is 1.00 bits per heavy atom. The van der Waals surface area contributed by atoms with Gasteiger partial charge in [-0.2, -0.15) is 0 Å². The first-order valence-electron chi connectivity index (χ1n) is 8.62. The van der Waals surface area contributed by atoms with Gasteiger partial charge in [-0.05, 0) is 15.4 Å². The Morgan fingerprint density at radius 2 is 1.54 bits per heavy atom. The van der Waals surface area contributed by atoms with Crippen LogP contribution in [-0.4, -0.2) is 19.6 Å². The van der Waals surface area contributed by atoms with E-state index in [0.29, 0.717) is 12.0 Å². The number of rotatable bonds is 6. The molecule has 0 unspecified atom stereocenters. The van der Waals surface area contributed by atoms with Crippen LogP contribution in [0, 0.1) is 0 Å². The van der Waals surface area contributed by atoms with Gasteiger partial charge in [0.25, 0.3) is 14.2 Å². The van der Waals surface area contributed by atoms with Crippen molar-refractivity contribution in [1.82, 2.24) is 4.98 Å². The Bertz CT molecular complexity index is 814. The number of carbonyl (C=O) groups excluding carboxylic acids is 1. The van der Waals surface area contributed by atoms with Gasteiger partial charge in [0.1, 0.15) is 5.76 Å². The SMILES string of the molecule is CC(C)(C)[Si](OCc1cnc(C=O)o1)(c1ccccc1)c1ccccc1. The van der Waals surface area contributed by atoms with Gasteiger partial charge in [-0.25, -0.2) is 4.98 Å². The minimum Gasteiger partial charge on any atom is -0.437 e. The Morgan fingerprint density at radius 3 is 1.96 bits per heavy atom. The molecular weight excluding hydrogens is 342 g/mol. The van der Waals surface area contributed by atoms with Crippen molar-refractivity contribution in [2.45, 2.75) is 32.4 Å². The second-order valence-electron chi connectivity index (χ2n) is 7.23. The smallest absolute Gasteiger partial charge is 0.261 e. The summed E-state index contributed by atoms with van der Waals surface area (Å²) >= 11 is 0. The number of nitrogens with zero attached hydrogens (tertiary/aromatic N) is 1. The Balaban J connectivity index is 2.09. The summed E-state index contributed by atoms with van der Waals surface area (Å²) in [4.78, 5) is 14.8. The molecule has 26 heavy (non-hydrogen) atoms. The first-order chi connectivity index (χ1) is 12.5. The van der Waals surface area contributed by atoms with Crippen LogP contribution < -0.4 is 10.4 Å². The normalized spacial score (nSPS) is 12.1. The highest BCUT2D eigenvalue weighted by Gasteiger charge is 2.50. The summed E-state index contributed by atoms with van der Waals surface area (Å²) in [7, 11) is -2.61. The molecule has 0 saturated carbocycles. The van der Waals surface area contributed by atoms with Crippen molar-refractivity contribution in [1.29, 1.82) is 0 Å². The zero-order valence-corrected chi connectivity index (χ0v) is 16.3. The summed E-state index contributed by atoms with van der Waals surface area (Å²) in [5, 5.41) is 2.30. The second kappa shape index (κ2) is 7.39. The van der Waals surface area contributed by atoms with Gasteiger partial charge >= 0.3 is 0 Å². The maximum absolute atomic E-state index is 10.8. The van der Waals surface area contributed by atoms with Crippen molar-refractivity contribution < 1.29 is 13.6 Å². The third kappa shape index (κ3) is 3.41. The van der Waals surface area contributed by atoms with Gasteiger partial charge in [-0.3, -0.25) is 4.79 Å². The first-order valence-corrected chi connectivity index (χ1v) is 10.5. The number of oxazole rings is 1. The van der Waals surface area contributed by atoms with Crippen LogP contribution in [0.5, 0.6) is 0 Å². The molecule has 0 fully saturated rings. The van der Waals surface area contributed by atoms with E-state index >= 15 is 0 Å². The molecule has 2 aromatic carbocycles. The van der Waals surface area contributed by atoms with Gasteiger partial charge in [0.15, 0.2) is 0 Å². The fraction of sp³-hybridized carbons (Fsp3) is 0.238. The van der Waals surface area contributed by atoms with E-state index < -0.39 is 8.32 Å². The van der Waals surface area contributed by atoms with Gasteiger partial charge in [0.05, 0.1) is 12.8 Å². The zero-order chi connectivity index (χ0) is 18.6. The summed E-state index contributed by atoms with van der Waals surface area (Å²) in [6.07, 6.45) is 2.16. The lowest BCUT2D eigenvalue weighted by Gasteiger charge is -2.42. The molecule has 0 amide bonds. The average Bonchev–Trinajstić information content (AvgIpc) is 3.11. The average molecular weight is 366 g/mol. The molecule has 0 aliphatic rings. The van der Waals surface area contributed by atoms with Crippen molar-refractivity contribution >= 4 is 25.0 Å². The third-order valence-corrected chi connectivity index (χ3v) is 9.50. The molecule has 0 radical (unpaired) electrons. The Kier molecular flexibility index (Phi) is 5.20. The molecule has 3 aromatic rings. The monoisotopic (exact) mass is 365 g/mol. The van der Waals surface area contributed by atoms with E-state index in [1.165, 1.54) is 10.4 Å². The maximum Gasteiger partial charge on any atom is 0.261 e. The summed E-state index contributed by atoms with van der Waals surface area (Å²) in [6.45, 7) is 6.93. The zero-order valence-electron chi connectivity index (χ0n) is 15.3. The summed E-state index contributed by atoms with van der Waals surface area (Å²) < 4.78 is 12.1. The summed E-state index contributed by atoms with van der Waals surface area (Å²) in [5.41, 5.74) is 0. The van der Waals surface area contributed by atoms with Crippen LogP contribution >= 0.6 is 0 Å². The lowest BCUT2D eigenvalue weighted by molar-refractivity contribution is 0.109. The molecule has 134 valence electrons. The van der Waals surface area contributed by atoms with Gasteiger partial charge in [-0.15, -0.1) is 0 Å². The molecule has 0 bridgehead atoms. The molecule has 1 aromatic heterocycles.